The summed E-state index contributed by atoms with van der Waals surface area (Å²) in [4.78, 5) is 12.2. The molecule has 0 atom stereocenters. The molecule has 1 aliphatic carbocycles. The molecule has 0 unspecified atom stereocenters. The number of anilines is 1. The molecule has 0 amide bonds. The molecule has 4 heteroatoms. The minimum atomic E-state index is 0.0232. The van der Waals surface area contributed by atoms with Gasteiger partial charge in [0.1, 0.15) is 5.82 Å². The van der Waals surface area contributed by atoms with Gasteiger partial charge in [-0.25, -0.2) is 9.97 Å². The Morgan fingerprint density at radius 3 is 2.43 bits per heavy atom. The van der Waals surface area contributed by atoms with Crippen molar-refractivity contribution in [2.45, 2.75) is 57.8 Å². The Balaban J connectivity index is 1.97. The fraction of sp³-hybridized carbons (Fsp3) is 0.765. The highest BCUT2D eigenvalue weighted by molar-refractivity contribution is 5.51. The van der Waals surface area contributed by atoms with Crippen LogP contribution >= 0.6 is 0 Å². The molecule has 2 fully saturated rings. The van der Waals surface area contributed by atoms with Crippen molar-refractivity contribution in [1.82, 2.24) is 15.3 Å². The quantitative estimate of drug-likeness (QED) is 0.908. The van der Waals surface area contributed by atoms with Gasteiger partial charge in [0.25, 0.3) is 0 Å². The minimum Gasteiger partial charge on any atom is -0.366 e. The molecule has 0 bridgehead atoms. The Morgan fingerprint density at radius 1 is 1.14 bits per heavy atom. The standard InChI is InChI=1S/C17H28N4/c1-17(2,3)16-19-12-14(21-10-8-18-9-11-21)15(20-16)13-6-4-5-7-13/h12-13,18H,4-11H2,1-3H3. The molecule has 1 aromatic heterocycles. The summed E-state index contributed by atoms with van der Waals surface area (Å²) in [6.07, 6.45) is 7.37. The van der Waals surface area contributed by atoms with E-state index in [1.54, 1.807) is 0 Å². The molecule has 1 saturated carbocycles. The molecule has 4 nitrogen and oxygen atoms in total. The van der Waals surface area contributed by atoms with Gasteiger partial charge in [0.05, 0.1) is 17.6 Å². The van der Waals surface area contributed by atoms with Gasteiger partial charge in [-0.15, -0.1) is 0 Å². The van der Waals surface area contributed by atoms with E-state index in [2.05, 4.69) is 42.2 Å². The Morgan fingerprint density at radius 2 is 1.81 bits per heavy atom. The van der Waals surface area contributed by atoms with E-state index in [1.165, 1.54) is 37.1 Å². The lowest BCUT2D eigenvalue weighted by Gasteiger charge is -2.32. The summed E-state index contributed by atoms with van der Waals surface area (Å²) in [6, 6.07) is 0. The van der Waals surface area contributed by atoms with Crippen LogP contribution in [0.2, 0.25) is 0 Å². The number of hydrogen-bond acceptors (Lipinski definition) is 4. The fourth-order valence-electron chi connectivity index (χ4n) is 3.40. The summed E-state index contributed by atoms with van der Waals surface area (Å²) in [5.41, 5.74) is 2.63. The molecular weight excluding hydrogens is 260 g/mol. The molecule has 1 aliphatic heterocycles. The Labute approximate surface area is 128 Å². The Kier molecular flexibility index (Phi) is 4.16. The van der Waals surface area contributed by atoms with Crippen molar-refractivity contribution in [2.75, 3.05) is 31.1 Å². The summed E-state index contributed by atoms with van der Waals surface area (Å²) in [6.45, 7) is 10.9. The summed E-state index contributed by atoms with van der Waals surface area (Å²) in [5, 5.41) is 3.43. The first-order chi connectivity index (χ1) is 10.1. The molecule has 1 saturated heterocycles. The van der Waals surface area contributed by atoms with Crippen molar-refractivity contribution in [3.8, 4) is 0 Å². The third-order valence-electron chi connectivity index (χ3n) is 4.67. The zero-order chi connectivity index (χ0) is 14.9. The third kappa shape index (κ3) is 3.20. The fourth-order valence-corrected chi connectivity index (χ4v) is 3.40. The van der Waals surface area contributed by atoms with Crippen LogP contribution in [0.5, 0.6) is 0 Å². The smallest absolute Gasteiger partial charge is 0.134 e. The molecule has 0 spiro atoms. The van der Waals surface area contributed by atoms with Crippen LogP contribution in [0.3, 0.4) is 0 Å². The SMILES string of the molecule is CC(C)(C)c1ncc(N2CCNCC2)c(C2CCCC2)n1. The summed E-state index contributed by atoms with van der Waals surface area (Å²) >= 11 is 0. The maximum atomic E-state index is 5.03. The molecule has 2 heterocycles. The van der Waals surface area contributed by atoms with Crippen molar-refractivity contribution in [1.29, 1.82) is 0 Å². The number of nitrogens with zero attached hydrogens (tertiary/aromatic N) is 3. The van der Waals surface area contributed by atoms with Gasteiger partial charge in [-0.05, 0) is 12.8 Å². The van der Waals surface area contributed by atoms with Gasteiger partial charge in [0.15, 0.2) is 0 Å². The van der Waals surface area contributed by atoms with Gasteiger partial charge in [-0.1, -0.05) is 33.6 Å². The minimum absolute atomic E-state index is 0.0232. The lowest BCUT2D eigenvalue weighted by molar-refractivity contribution is 0.530. The van der Waals surface area contributed by atoms with Gasteiger partial charge in [0, 0.05) is 37.5 Å². The van der Waals surface area contributed by atoms with E-state index in [0.29, 0.717) is 5.92 Å². The largest absolute Gasteiger partial charge is 0.366 e. The van der Waals surface area contributed by atoms with E-state index >= 15 is 0 Å². The molecule has 1 aromatic rings. The average Bonchev–Trinajstić information content (AvgIpc) is 3.01. The average molecular weight is 288 g/mol. The van der Waals surface area contributed by atoms with Crippen molar-refractivity contribution in [2.24, 2.45) is 0 Å². The second kappa shape index (κ2) is 5.91. The van der Waals surface area contributed by atoms with Crippen LogP contribution in [0, 0.1) is 0 Å². The Hall–Kier alpha value is -1.16. The number of rotatable bonds is 2. The van der Waals surface area contributed by atoms with Gasteiger partial charge < -0.3 is 10.2 Å². The van der Waals surface area contributed by atoms with Crippen LogP contribution in [-0.4, -0.2) is 36.1 Å². The van der Waals surface area contributed by atoms with E-state index < -0.39 is 0 Å². The number of nitrogens with one attached hydrogen (secondary N) is 1. The van der Waals surface area contributed by atoms with Crippen LogP contribution in [0.4, 0.5) is 5.69 Å². The van der Waals surface area contributed by atoms with Crippen molar-refractivity contribution < 1.29 is 0 Å². The highest BCUT2D eigenvalue weighted by Gasteiger charge is 2.27. The molecule has 1 N–H and O–H groups in total. The first-order valence-electron chi connectivity index (χ1n) is 8.39. The van der Waals surface area contributed by atoms with Crippen molar-refractivity contribution in [3.05, 3.63) is 17.7 Å². The van der Waals surface area contributed by atoms with E-state index in [4.69, 9.17) is 4.98 Å². The molecule has 3 rings (SSSR count). The van der Waals surface area contributed by atoms with Crippen LogP contribution in [0.1, 0.15) is 63.9 Å². The van der Waals surface area contributed by atoms with Gasteiger partial charge in [-0.2, -0.15) is 0 Å². The summed E-state index contributed by atoms with van der Waals surface area (Å²) in [7, 11) is 0. The zero-order valence-corrected chi connectivity index (χ0v) is 13.7. The van der Waals surface area contributed by atoms with E-state index in [9.17, 15) is 0 Å². The molecule has 0 aromatic carbocycles. The van der Waals surface area contributed by atoms with Crippen LogP contribution in [0.25, 0.3) is 0 Å². The van der Waals surface area contributed by atoms with Crippen LogP contribution in [0.15, 0.2) is 6.20 Å². The monoisotopic (exact) mass is 288 g/mol. The van der Waals surface area contributed by atoms with E-state index in [1.807, 2.05) is 0 Å². The number of hydrogen-bond donors (Lipinski definition) is 1. The molecule has 2 aliphatic rings. The molecular formula is C17H28N4. The maximum Gasteiger partial charge on any atom is 0.134 e. The molecule has 116 valence electrons. The maximum absolute atomic E-state index is 5.03. The van der Waals surface area contributed by atoms with Crippen molar-refractivity contribution in [3.63, 3.8) is 0 Å². The van der Waals surface area contributed by atoms with Gasteiger partial charge in [-0.3, -0.25) is 0 Å². The predicted octanol–water partition coefficient (Wildman–Crippen LogP) is 2.84. The topological polar surface area (TPSA) is 41.1 Å². The first-order valence-corrected chi connectivity index (χ1v) is 8.39. The summed E-state index contributed by atoms with van der Waals surface area (Å²) in [5.74, 6) is 1.63. The van der Waals surface area contributed by atoms with E-state index in [-0.39, 0.29) is 5.41 Å². The van der Waals surface area contributed by atoms with Crippen molar-refractivity contribution >= 4 is 5.69 Å². The normalized spacial score (nSPS) is 21.0. The van der Waals surface area contributed by atoms with Crippen LogP contribution < -0.4 is 10.2 Å². The Bertz CT molecular complexity index is 480. The highest BCUT2D eigenvalue weighted by Crippen LogP contribution is 2.38. The number of aromatic nitrogens is 2. The first kappa shape index (κ1) is 14.8. The lowest BCUT2D eigenvalue weighted by Crippen LogP contribution is -2.44. The lowest BCUT2D eigenvalue weighted by atomic mass is 9.94. The van der Waals surface area contributed by atoms with E-state index in [0.717, 1.165) is 32.0 Å². The highest BCUT2D eigenvalue weighted by atomic mass is 15.2. The van der Waals surface area contributed by atoms with Gasteiger partial charge in [0.2, 0.25) is 0 Å². The second-order valence-electron chi connectivity index (χ2n) is 7.43. The third-order valence-corrected chi connectivity index (χ3v) is 4.67. The second-order valence-corrected chi connectivity index (χ2v) is 7.43. The number of piperazine rings is 1. The molecule has 21 heavy (non-hydrogen) atoms. The van der Waals surface area contributed by atoms with Gasteiger partial charge >= 0.3 is 0 Å². The molecule has 0 radical (unpaired) electrons. The van der Waals surface area contributed by atoms with Crippen LogP contribution in [-0.2, 0) is 5.41 Å². The summed E-state index contributed by atoms with van der Waals surface area (Å²) < 4.78 is 0. The zero-order valence-electron chi connectivity index (χ0n) is 13.7. The predicted molar refractivity (Wildman–Crippen MR) is 87.0 cm³/mol.